The molecule has 19 heavy (non-hydrogen) atoms. The number of hydrogen-bond donors (Lipinski definition) is 0. The van der Waals surface area contributed by atoms with Crippen molar-refractivity contribution in [3.8, 4) is 5.75 Å². The standard InChI is InChI=1S/C17H16O2/c1-18-8-9-19-17-7-6-15-10-13-4-2-3-5-14(13)11-16(15)12-17/h2-7,10-12H,8-9H2,1H3. The molecule has 3 aromatic carbocycles. The fraction of sp³-hybridized carbons (Fsp3) is 0.176. The molecule has 0 unspecified atom stereocenters. The summed E-state index contributed by atoms with van der Waals surface area (Å²) >= 11 is 0. The second-order valence-electron chi connectivity index (χ2n) is 4.55. The molecule has 0 aliphatic rings. The van der Waals surface area contributed by atoms with Gasteiger partial charge in [-0.1, -0.05) is 30.3 Å². The molecule has 0 saturated heterocycles. The quantitative estimate of drug-likeness (QED) is 0.516. The van der Waals surface area contributed by atoms with Gasteiger partial charge >= 0.3 is 0 Å². The molecule has 3 rings (SSSR count). The van der Waals surface area contributed by atoms with Gasteiger partial charge in [-0.3, -0.25) is 0 Å². The van der Waals surface area contributed by atoms with E-state index in [1.165, 1.54) is 21.5 Å². The zero-order valence-electron chi connectivity index (χ0n) is 10.9. The summed E-state index contributed by atoms with van der Waals surface area (Å²) in [7, 11) is 1.68. The Morgan fingerprint density at radius 3 is 2.16 bits per heavy atom. The van der Waals surface area contributed by atoms with E-state index in [4.69, 9.17) is 9.47 Å². The third-order valence-corrected chi connectivity index (χ3v) is 3.23. The van der Waals surface area contributed by atoms with Crippen LogP contribution in [0.3, 0.4) is 0 Å². The fourth-order valence-corrected chi connectivity index (χ4v) is 2.25. The van der Waals surface area contributed by atoms with Crippen molar-refractivity contribution in [1.29, 1.82) is 0 Å². The maximum absolute atomic E-state index is 5.64. The molecule has 0 N–H and O–H groups in total. The number of hydrogen-bond acceptors (Lipinski definition) is 2. The summed E-state index contributed by atoms with van der Waals surface area (Å²) in [6.45, 7) is 1.19. The first-order valence-corrected chi connectivity index (χ1v) is 6.41. The molecule has 0 amide bonds. The Kier molecular flexibility index (Phi) is 3.34. The van der Waals surface area contributed by atoms with Crippen molar-refractivity contribution >= 4 is 21.5 Å². The first-order valence-electron chi connectivity index (χ1n) is 6.41. The van der Waals surface area contributed by atoms with Gasteiger partial charge in [-0.2, -0.15) is 0 Å². The number of rotatable bonds is 4. The van der Waals surface area contributed by atoms with E-state index < -0.39 is 0 Å². The highest BCUT2D eigenvalue weighted by Crippen LogP contribution is 2.26. The predicted molar refractivity (Wildman–Crippen MR) is 78.8 cm³/mol. The van der Waals surface area contributed by atoms with E-state index in [9.17, 15) is 0 Å². The van der Waals surface area contributed by atoms with Crippen LogP contribution in [0, 0.1) is 0 Å². The average Bonchev–Trinajstić information content (AvgIpc) is 2.45. The van der Waals surface area contributed by atoms with Crippen LogP contribution < -0.4 is 4.74 Å². The maximum atomic E-state index is 5.64. The smallest absolute Gasteiger partial charge is 0.120 e. The topological polar surface area (TPSA) is 18.5 Å². The lowest BCUT2D eigenvalue weighted by Gasteiger charge is -2.07. The number of fused-ring (bicyclic) bond motifs is 2. The van der Waals surface area contributed by atoms with E-state index >= 15 is 0 Å². The van der Waals surface area contributed by atoms with Crippen LogP contribution >= 0.6 is 0 Å². The van der Waals surface area contributed by atoms with Crippen LogP contribution in [0.5, 0.6) is 5.75 Å². The molecular weight excluding hydrogens is 236 g/mol. The molecule has 96 valence electrons. The van der Waals surface area contributed by atoms with E-state index in [1.807, 2.05) is 6.07 Å². The molecule has 0 atom stereocenters. The van der Waals surface area contributed by atoms with E-state index in [1.54, 1.807) is 7.11 Å². The zero-order chi connectivity index (χ0) is 13.1. The normalized spacial score (nSPS) is 11.0. The first-order chi connectivity index (χ1) is 9.36. The molecule has 2 nitrogen and oxygen atoms in total. The van der Waals surface area contributed by atoms with E-state index in [0.29, 0.717) is 13.2 Å². The van der Waals surface area contributed by atoms with Gasteiger partial charge in [0.1, 0.15) is 12.4 Å². The van der Waals surface area contributed by atoms with E-state index in [2.05, 4.69) is 48.5 Å². The first kappa shape index (κ1) is 12.0. The number of benzene rings is 3. The highest BCUT2D eigenvalue weighted by molar-refractivity contribution is 5.98. The number of methoxy groups -OCH3 is 1. The molecular formula is C17H16O2. The second-order valence-corrected chi connectivity index (χ2v) is 4.55. The van der Waals surface area contributed by atoms with Crippen LogP contribution in [-0.2, 0) is 4.74 Å². The summed E-state index contributed by atoms with van der Waals surface area (Å²) in [5.41, 5.74) is 0. The molecule has 0 spiro atoms. The van der Waals surface area contributed by atoms with Gasteiger partial charge < -0.3 is 9.47 Å². The van der Waals surface area contributed by atoms with Crippen LogP contribution in [-0.4, -0.2) is 20.3 Å². The molecule has 0 aliphatic heterocycles. The Morgan fingerprint density at radius 1 is 0.737 bits per heavy atom. The molecule has 3 aromatic rings. The SMILES string of the molecule is COCCOc1ccc2cc3ccccc3cc2c1. The molecule has 0 radical (unpaired) electrons. The molecule has 0 saturated carbocycles. The highest BCUT2D eigenvalue weighted by atomic mass is 16.5. The van der Waals surface area contributed by atoms with Gasteiger partial charge in [0.2, 0.25) is 0 Å². The van der Waals surface area contributed by atoms with Crippen LogP contribution in [0.15, 0.2) is 54.6 Å². The lowest BCUT2D eigenvalue weighted by Crippen LogP contribution is -2.03. The van der Waals surface area contributed by atoms with Gasteiger partial charge in [-0.05, 0) is 45.8 Å². The molecule has 0 heterocycles. The second kappa shape index (κ2) is 5.29. The summed E-state index contributed by atoms with van der Waals surface area (Å²) in [5, 5.41) is 4.96. The monoisotopic (exact) mass is 252 g/mol. The Morgan fingerprint density at radius 2 is 1.42 bits per heavy atom. The van der Waals surface area contributed by atoms with Crippen LogP contribution in [0.4, 0.5) is 0 Å². The van der Waals surface area contributed by atoms with Crippen molar-refractivity contribution < 1.29 is 9.47 Å². The Hall–Kier alpha value is -2.06. The minimum Gasteiger partial charge on any atom is -0.491 e. The van der Waals surface area contributed by atoms with Crippen molar-refractivity contribution in [2.75, 3.05) is 20.3 Å². The van der Waals surface area contributed by atoms with Crippen molar-refractivity contribution in [3.63, 3.8) is 0 Å². The summed E-state index contributed by atoms with van der Waals surface area (Å²) in [6.07, 6.45) is 0. The minimum absolute atomic E-state index is 0.579. The van der Waals surface area contributed by atoms with Crippen LogP contribution in [0.1, 0.15) is 0 Å². The van der Waals surface area contributed by atoms with Crippen molar-refractivity contribution in [1.82, 2.24) is 0 Å². The summed E-state index contributed by atoms with van der Waals surface area (Å²) in [4.78, 5) is 0. The summed E-state index contributed by atoms with van der Waals surface area (Å²) < 4.78 is 10.6. The van der Waals surface area contributed by atoms with Gasteiger partial charge in [0.15, 0.2) is 0 Å². The number of ether oxygens (including phenoxy) is 2. The molecule has 0 bridgehead atoms. The van der Waals surface area contributed by atoms with E-state index in [-0.39, 0.29) is 0 Å². The average molecular weight is 252 g/mol. The molecule has 0 aliphatic carbocycles. The van der Waals surface area contributed by atoms with Crippen molar-refractivity contribution in [2.24, 2.45) is 0 Å². The molecule has 2 heteroatoms. The minimum atomic E-state index is 0.579. The molecule has 0 fully saturated rings. The van der Waals surface area contributed by atoms with Crippen molar-refractivity contribution in [3.05, 3.63) is 54.6 Å². The van der Waals surface area contributed by atoms with Gasteiger partial charge in [0.25, 0.3) is 0 Å². The Labute approximate surface area is 112 Å². The Balaban J connectivity index is 1.99. The van der Waals surface area contributed by atoms with Crippen LogP contribution in [0.25, 0.3) is 21.5 Å². The molecule has 0 aromatic heterocycles. The Bertz CT molecular complexity index is 704. The fourth-order valence-electron chi connectivity index (χ4n) is 2.25. The maximum Gasteiger partial charge on any atom is 0.120 e. The highest BCUT2D eigenvalue weighted by Gasteiger charge is 2.00. The van der Waals surface area contributed by atoms with Crippen LogP contribution in [0.2, 0.25) is 0 Å². The van der Waals surface area contributed by atoms with Gasteiger partial charge in [0.05, 0.1) is 6.61 Å². The third-order valence-electron chi connectivity index (χ3n) is 3.23. The predicted octanol–water partition coefficient (Wildman–Crippen LogP) is 4.02. The summed E-state index contributed by atoms with van der Waals surface area (Å²) in [6, 6.07) is 19.0. The lowest BCUT2D eigenvalue weighted by molar-refractivity contribution is 0.146. The largest absolute Gasteiger partial charge is 0.491 e. The summed E-state index contributed by atoms with van der Waals surface area (Å²) in [5.74, 6) is 0.889. The zero-order valence-corrected chi connectivity index (χ0v) is 10.9. The third kappa shape index (κ3) is 2.54. The van der Waals surface area contributed by atoms with Gasteiger partial charge in [0, 0.05) is 7.11 Å². The van der Waals surface area contributed by atoms with Crippen molar-refractivity contribution in [2.45, 2.75) is 0 Å². The lowest BCUT2D eigenvalue weighted by atomic mass is 10.0. The van der Waals surface area contributed by atoms with E-state index in [0.717, 1.165) is 5.75 Å². The van der Waals surface area contributed by atoms with Gasteiger partial charge in [-0.15, -0.1) is 0 Å². The van der Waals surface area contributed by atoms with Gasteiger partial charge in [-0.25, -0.2) is 0 Å².